The molecule has 2 N–H and O–H groups in total. The van der Waals surface area contributed by atoms with E-state index in [0.29, 0.717) is 11.3 Å². The molecule has 0 radical (unpaired) electrons. The molecule has 0 bridgehead atoms. The van der Waals surface area contributed by atoms with Gasteiger partial charge in [-0.3, -0.25) is 4.79 Å². The highest BCUT2D eigenvalue weighted by Crippen LogP contribution is 2.11. The lowest BCUT2D eigenvalue weighted by atomic mass is 10.2. The van der Waals surface area contributed by atoms with Gasteiger partial charge in [0.1, 0.15) is 11.6 Å². The minimum absolute atomic E-state index is 0.0271. The van der Waals surface area contributed by atoms with E-state index < -0.39 is 11.9 Å². The molecule has 1 rings (SSSR count). The molecule has 6 nitrogen and oxygen atoms in total. The van der Waals surface area contributed by atoms with Crippen LogP contribution in [0.2, 0.25) is 0 Å². The summed E-state index contributed by atoms with van der Waals surface area (Å²) in [5, 5.41) is 14.4. The minimum atomic E-state index is -0.439. The van der Waals surface area contributed by atoms with Crippen molar-refractivity contribution in [3.05, 3.63) is 41.6 Å². The fraction of sp³-hybridized carbons (Fsp3) is 0.267. The summed E-state index contributed by atoms with van der Waals surface area (Å²) in [6.07, 6.45) is 1.32. The number of hydrogen-bond acceptors (Lipinski definition) is 5. The smallest absolute Gasteiger partial charge is 0.337 e. The Morgan fingerprint density at radius 1 is 1.29 bits per heavy atom. The van der Waals surface area contributed by atoms with Gasteiger partial charge in [0, 0.05) is 17.9 Å². The molecule has 21 heavy (non-hydrogen) atoms. The second kappa shape index (κ2) is 7.70. The zero-order valence-electron chi connectivity index (χ0n) is 12.1. The van der Waals surface area contributed by atoms with Gasteiger partial charge in [0.25, 0.3) is 5.91 Å². The number of carbonyl (C=O) groups excluding carboxylic acids is 2. The number of methoxy groups -OCH3 is 1. The van der Waals surface area contributed by atoms with E-state index in [4.69, 9.17) is 5.26 Å². The molecule has 0 aliphatic carbocycles. The molecule has 1 amide bonds. The summed E-state index contributed by atoms with van der Waals surface area (Å²) in [6.45, 7) is 3.62. The molecule has 0 fully saturated rings. The Bertz CT molecular complexity index is 583. The molecule has 1 aromatic rings. The zero-order chi connectivity index (χ0) is 15.8. The van der Waals surface area contributed by atoms with Crippen LogP contribution in [0.25, 0.3) is 0 Å². The maximum Gasteiger partial charge on any atom is 0.337 e. The molecule has 0 aliphatic rings. The van der Waals surface area contributed by atoms with E-state index in [0.717, 1.165) is 0 Å². The Labute approximate surface area is 123 Å². The SMILES string of the molecule is COC(=O)c1ccc(N/C=C(/C#N)C(=O)NC(C)C)cc1. The zero-order valence-corrected chi connectivity index (χ0v) is 12.1. The van der Waals surface area contributed by atoms with Crippen molar-refractivity contribution >= 4 is 17.6 Å². The van der Waals surface area contributed by atoms with Crippen LogP contribution in [0.4, 0.5) is 5.69 Å². The van der Waals surface area contributed by atoms with E-state index in [1.54, 1.807) is 24.3 Å². The molecule has 0 aromatic heterocycles. The number of carbonyl (C=O) groups is 2. The van der Waals surface area contributed by atoms with Crippen LogP contribution in [0.1, 0.15) is 24.2 Å². The standard InChI is InChI=1S/C15H17N3O3/c1-10(2)18-14(19)12(8-16)9-17-13-6-4-11(5-7-13)15(20)21-3/h4-7,9-10,17H,1-3H3,(H,18,19)/b12-9-. The highest BCUT2D eigenvalue weighted by molar-refractivity contribution is 5.97. The van der Waals surface area contributed by atoms with Crippen LogP contribution in [0.15, 0.2) is 36.0 Å². The third-order valence-electron chi connectivity index (χ3n) is 2.47. The molecule has 1 aromatic carbocycles. The number of esters is 1. The Morgan fingerprint density at radius 2 is 1.90 bits per heavy atom. The summed E-state index contributed by atoms with van der Waals surface area (Å²) in [5.74, 6) is -0.864. The van der Waals surface area contributed by atoms with Gasteiger partial charge >= 0.3 is 5.97 Å². The Balaban J connectivity index is 2.76. The van der Waals surface area contributed by atoms with Gasteiger partial charge in [-0.15, -0.1) is 0 Å². The van der Waals surface area contributed by atoms with Crippen LogP contribution in [0, 0.1) is 11.3 Å². The lowest BCUT2D eigenvalue weighted by Gasteiger charge is -2.07. The molecule has 0 unspecified atom stereocenters. The van der Waals surface area contributed by atoms with Crippen molar-refractivity contribution in [1.29, 1.82) is 5.26 Å². The Hall–Kier alpha value is -2.81. The average Bonchev–Trinajstić information content (AvgIpc) is 2.47. The highest BCUT2D eigenvalue weighted by Gasteiger charge is 2.09. The maximum absolute atomic E-state index is 11.7. The summed E-state index contributed by atoms with van der Waals surface area (Å²) < 4.78 is 4.59. The largest absolute Gasteiger partial charge is 0.465 e. The molecule has 0 atom stereocenters. The predicted octanol–water partition coefficient (Wildman–Crippen LogP) is 1.82. The summed E-state index contributed by atoms with van der Waals surface area (Å²) >= 11 is 0. The van der Waals surface area contributed by atoms with Crippen molar-refractivity contribution in [3.8, 4) is 6.07 Å². The quantitative estimate of drug-likeness (QED) is 0.489. The normalized spacial score (nSPS) is 10.7. The van der Waals surface area contributed by atoms with Gasteiger partial charge in [-0.05, 0) is 38.1 Å². The van der Waals surface area contributed by atoms with Gasteiger partial charge < -0.3 is 15.4 Å². The first-order chi connectivity index (χ1) is 9.97. The molecular formula is C15H17N3O3. The fourth-order valence-corrected chi connectivity index (χ4v) is 1.46. The Kier molecular flexibility index (Phi) is 5.96. The van der Waals surface area contributed by atoms with Crippen LogP contribution in [0.3, 0.4) is 0 Å². The first kappa shape index (κ1) is 16.2. The number of benzene rings is 1. The minimum Gasteiger partial charge on any atom is -0.465 e. The third-order valence-corrected chi connectivity index (χ3v) is 2.47. The topological polar surface area (TPSA) is 91.2 Å². The van der Waals surface area contributed by atoms with E-state index in [9.17, 15) is 9.59 Å². The van der Waals surface area contributed by atoms with Crippen molar-refractivity contribution < 1.29 is 14.3 Å². The lowest BCUT2D eigenvalue weighted by molar-refractivity contribution is -0.117. The fourth-order valence-electron chi connectivity index (χ4n) is 1.46. The van der Waals surface area contributed by atoms with Crippen molar-refractivity contribution in [2.45, 2.75) is 19.9 Å². The van der Waals surface area contributed by atoms with Crippen molar-refractivity contribution in [1.82, 2.24) is 5.32 Å². The summed E-state index contributed by atoms with van der Waals surface area (Å²) in [4.78, 5) is 23.0. The third kappa shape index (κ3) is 4.99. The molecular weight excluding hydrogens is 270 g/mol. The second-order valence-corrected chi connectivity index (χ2v) is 4.51. The maximum atomic E-state index is 11.7. The van der Waals surface area contributed by atoms with Crippen LogP contribution >= 0.6 is 0 Å². The van der Waals surface area contributed by atoms with Crippen LogP contribution in [0.5, 0.6) is 0 Å². The molecule has 0 aliphatic heterocycles. The number of nitrogens with one attached hydrogen (secondary N) is 2. The van der Waals surface area contributed by atoms with Crippen molar-refractivity contribution in [2.75, 3.05) is 12.4 Å². The van der Waals surface area contributed by atoms with Gasteiger partial charge in [-0.1, -0.05) is 0 Å². The molecule has 0 saturated carbocycles. The summed E-state index contributed by atoms with van der Waals surface area (Å²) in [6, 6.07) is 8.25. The van der Waals surface area contributed by atoms with E-state index in [-0.39, 0.29) is 11.6 Å². The lowest BCUT2D eigenvalue weighted by Crippen LogP contribution is -2.31. The molecule has 6 heteroatoms. The monoisotopic (exact) mass is 287 g/mol. The summed E-state index contributed by atoms with van der Waals surface area (Å²) in [5.41, 5.74) is 1.04. The second-order valence-electron chi connectivity index (χ2n) is 4.51. The van der Waals surface area contributed by atoms with E-state index in [2.05, 4.69) is 15.4 Å². The predicted molar refractivity (Wildman–Crippen MR) is 78.4 cm³/mol. The van der Waals surface area contributed by atoms with Gasteiger partial charge in [0.15, 0.2) is 0 Å². The number of ether oxygens (including phenoxy) is 1. The first-order valence-electron chi connectivity index (χ1n) is 6.34. The van der Waals surface area contributed by atoms with E-state index >= 15 is 0 Å². The molecule has 0 saturated heterocycles. The van der Waals surface area contributed by atoms with Gasteiger partial charge in [-0.2, -0.15) is 5.26 Å². The molecule has 0 spiro atoms. The van der Waals surface area contributed by atoms with Gasteiger partial charge in [0.05, 0.1) is 12.7 Å². The van der Waals surface area contributed by atoms with Gasteiger partial charge in [0.2, 0.25) is 0 Å². The number of nitrogens with zero attached hydrogens (tertiary/aromatic N) is 1. The van der Waals surface area contributed by atoms with Crippen LogP contribution < -0.4 is 10.6 Å². The number of amides is 1. The Morgan fingerprint density at radius 3 is 2.38 bits per heavy atom. The van der Waals surface area contributed by atoms with Crippen molar-refractivity contribution in [2.24, 2.45) is 0 Å². The first-order valence-corrected chi connectivity index (χ1v) is 6.34. The number of rotatable bonds is 5. The average molecular weight is 287 g/mol. The molecule has 110 valence electrons. The van der Waals surface area contributed by atoms with Crippen molar-refractivity contribution in [3.63, 3.8) is 0 Å². The number of hydrogen-bond donors (Lipinski definition) is 2. The van der Waals surface area contributed by atoms with E-state index in [1.807, 2.05) is 19.9 Å². The number of nitriles is 1. The van der Waals surface area contributed by atoms with E-state index in [1.165, 1.54) is 13.3 Å². The van der Waals surface area contributed by atoms with Crippen LogP contribution in [-0.2, 0) is 9.53 Å². The highest BCUT2D eigenvalue weighted by atomic mass is 16.5. The van der Waals surface area contributed by atoms with Crippen LogP contribution in [-0.4, -0.2) is 25.0 Å². The summed E-state index contributed by atoms with van der Waals surface area (Å²) in [7, 11) is 1.31. The van der Waals surface area contributed by atoms with Gasteiger partial charge in [-0.25, -0.2) is 4.79 Å². The molecule has 0 heterocycles. The number of anilines is 1.